The Bertz CT molecular complexity index is 1560. The number of H-pyrrole nitrogens is 1. The molecule has 2 aromatic carbocycles. The lowest BCUT2D eigenvalue weighted by molar-refractivity contribution is -0.131. The van der Waals surface area contributed by atoms with E-state index in [1.54, 1.807) is 42.5 Å². The Balaban J connectivity index is 1.82. The van der Waals surface area contributed by atoms with Crippen LogP contribution in [0.25, 0.3) is 5.95 Å². The monoisotopic (exact) mass is 530 g/mol. The highest BCUT2D eigenvalue weighted by molar-refractivity contribution is 5.98. The summed E-state index contributed by atoms with van der Waals surface area (Å²) in [6, 6.07) is 10.9. The van der Waals surface area contributed by atoms with Crippen LogP contribution in [0.3, 0.4) is 0 Å². The van der Waals surface area contributed by atoms with Crippen LogP contribution in [-0.4, -0.2) is 50.3 Å². The van der Waals surface area contributed by atoms with Crippen LogP contribution in [0.15, 0.2) is 72.3 Å². The zero-order valence-electron chi connectivity index (χ0n) is 21.2. The normalized spacial score (nSPS) is 11.3. The molecule has 0 fully saturated rings. The third-order valence-corrected chi connectivity index (χ3v) is 5.36. The summed E-state index contributed by atoms with van der Waals surface area (Å²) in [6.07, 6.45) is 4.60. The topological polar surface area (TPSA) is 183 Å². The van der Waals surface area contributed by atoms with Crippen molar-refractivity contribution in [1.82, 2.24) is 24.7 Å². The molecule has 1 atom stereocenters. The molecule has 2 heterocycles. The lowest BCUT2D eigenvalue weighted by atomic mass is 10.0. The van der Waals surface area contributed by atoms with Crippen LogP contribution >= 0.6 is 0 Å². The number of hydrogen-bond acceptors (Lipinski definition) is 10. The number of nitrogens with two attached hydrogens (primary N) is 1. The van der Waals surface area contributed by atoms with Gasteiger partial charge in [0, 0.05) is 31.1 Å². The number of carbonyl (C=O) groups is 1. The highest BCUT2D eigenvalue weighted by Gasteiger charge is 2.23. The van der Waals surface area contributed by atoms with Crippen molar-refractivity contribution >= 4 is 17.5 Å². The fourth-order valence-corrected chi connectivity index (χ4v) is 3.69. The maximum absolute atomic E-state index is 12.8. The maximum Gasteiger partial charge on any atom is 0.350 e. The number of nitrogens with one attached hydrogen (secondary N) is 3. The van der Waals surface area contributed by atoms with Crippen LogP contribution in [-0.2, 0) is 4.79 Å². The fourth-order valence-electron chi connectivity index (χ4n) is 3.69. The largest absolute Gasteiger partial charge is 0.493 e. The van der Waals surface area contributed by atoms with E-state index in [9.17, 15) is 9.59 Å². The van der Waals surface area contributed by atoms with Crippen LogP contribution in [0.4, 0.5) is 5.69 Å². The first-order valence-electron chi connectivity index (χ1n) is 11.6. The Hall–Kier alpha value is -5.46. The molecular formula is C26H26N8O5. The van der Waals surface area contributed by atoms with E-state index in [1.165, 1.54) is 32.5 Å². The quantitative estimate of drug-likeness (QED) is 0.0738. The van der Waals surface area contributed by atoms with Crippen molar-refractivity contribution in [2.45, 2.75) is 13.0 Å². The van der Waals surface area contributed by atoms with Gasteiger partial charge in [-0.2, -0.15) is 0 Å². The predicted octanol–water partition coefficient (Wildman–Crippen LogP) is 2.33. The number of nitrogens with zero attached hydrogens (tertiary/aromatic N) is 4. The Morgan fingerprint density at radius 3 is 2.64 bits per heavy atom. The third-order valence-electron chi connectivity index (χ3n) is 5.36. The van der Waals surface area contributed by atoms with Gasteiger partial charge in [-0.1, -0.05) is 18.7 Å². The molecule has 4 aromatic rings. The molecule has 39 heavy (non-hydrogen) atoms. The molecule has 13 heteroatoms. The molecule has 0 amide bonds. The van der Waals surface area contributed by atoms with Crippen LogP contribution in [0.5, 0.6) is 17.2 Å². The highest BCUT2D eigenvalue weighted by atomic mass is 16.5. The Labute approximate surface area is 222 Å². The number of methoxy groups -OCH3 is 1. The van der Waals surface area contributed by atoms with Crippen LogP contribution in [0.1, 0.15) is 29.9 Å². The Morgan fingerprint density at radius 1 is 1.21 bits per heavy atom. The molecule has 200 valence electrons. The van der Waals surface area contributed by atoms with Crippen molar-refractivity contribution in [2.24, 2.45) is 5.73 Å². The van der Waals surface area contributed by atoms with Crippen LogP contribution < -0.4 is 31.0 Å². The van der Waals surface area contributed by atoms with Gasteiger partial charge in [-0.3, -0.25) is 15.2 Å². The van der Waals surface area contributed by atoms with Gasteiger partial charge in [0.05, 0.1) is 12.7 Å². The first-order chi connectivity index (χ1) is 18.8. The summed E-state index contributed by atoms with van der Waals surface area (Å²) in [5.41, 5.74) is 6.48. The zero-order valence-corrected chi connectivity index (χ0v) is 21.2. The van der Waals surface area contributed by atoms with Crippen molar-refractivity contribution in [3.05, 3.63) is 94.9 Å². The number of esters is 1. The third kappa shape index (κ3) is 6.10. The van der Waals surface area contributed by atoms with E-state index in [1.807, 2.05) is 0 Å². The standard InChI is InChI=1S/C26H26N8O5/c1-4-12-38-21-13-16(6-9-19(21)37-3)22(24-32-26(36)34(33-24)25-29-10-5-11-30-25)31-17-7-8-18(23(27)28)20(14-17)39-15(2)35/h4-11,13-14,22,31H,1,12H2,2-3H3,(H3,27,28)(H,32,33,36)/t22-/m0/s1. The number of carbonyl (C=O) groups excluding carboxylic acids is 1. The van der Waals surface area contributed by atoms with Crippen molar-refractivity contribution in [2.75, 3.05) is 19.0 Å². The van der Waals surface area contributed by atoms with E-state index in [2.05, 4.69) is 31.9 Å². The highest BCUT2D eigenvalue weighted by Crippen LogP contribution is 2.34. The first kappa shape index (κ1) is 26.6. The van der Waals surface area contributed by atoms with E-state index in [4.69, 9.17) is 25.4 Å². The fraction of sp³-hybridized carbons (Fsp3) is 0.154. The van der Waals surface area contributed by atoms with Crippen molar-refractivity contribution in [1.29, 1.82) is 5.41 Å². The van der Waals surface area contributed by atoms with Gasteiger partial charge in [0.15, 0.2) is 17.3 Å². The number of hydrogen-bond donors (Lipinski definition) is 4. The number of benzene rings is 2. The maximum atomic E-state index is 12.8. The SMILES string of the molecule is C=CCOc1cc([C@H](Nc2ccc(C(=N)N)c(OC(C)=O)c2)c2nn(-c3ncccn3)c(=O)[nH]2)ccc1OC. The van der Waals surface area contributed by atoms with E-state index >= 15 is 0 Å². The smallest absolute Gasteiger partial charge is 0.350 e. The Kier molecular flexibility index (Phi) is 8.00. The Morgan fingerprint density at radius 2 is 1.97 bits per heavy atom. The summed E-state index contributed by atoms with van der Waals surface area (Å²) in [5, 5.41) is 15.5. The molecule has 0 bridgehead atoms. The second-order valence-electron chi connectivity index (χ2n) is 8.08. The number of ether oxygens (including phenoxy) is 3. The van der Waals surface area contributed by atoms with Gasteiger partial charge in [-0.05, 0) is 35.9 Å². The number of aromatic amines is 1. The van der Waals surface area contributed by atoms with E-state index < -0.39 is 17.7 Å². The van der Waals surface area contributed by atoms with Crippen molar-refractivity contribution in [3.63, 3.8) is 0 Å². The summed E-state index contributed by atoms with van der Waals surface area (Å²) in [4.78, 5) is 35.4. The zero-order chi connectivity index (χ0) is 27.9. The molecule has 0 unspecified atom stereocenters. The molecule has 0 aliphatic rings. The number of nitrogen functional groups attached to an aromatic ring is 1. The molecule has 2 aromatic heterocycles. The summed E-state index contributed by atoms with van der Waals surface area (Å²) < 4.78 is 17.5. The number of rotatable bonds is 11. The summed E-state index contributed by atoms with van der Waals surface area (Å²) >= 11 is 0. The van der Waals surface area contributed by atoms with Gasteiger partial charge < -0.3 is 25.3 Å². The van der Waals surface area contributed by atoms with Crippen LogP contribution in [0, 0.1) is 5.41 Å². The predicted molar refractivity (Wildman–Crippen MR) is 143 cm³/mol. The van der Waals surface area contributed by atoms with Gasteiger partial charge in [-0.25, -0.2) is 14.8 Å². The molecule has 13 nitrogen and oxygen atoms in total. The van der Waals surface area contributed by atoms with E-state index in [-0.39, 0.29) is 35.5 Å². The van der Waals surface area contributed by atoms with Gasteiger partial charge >= 0.3 is 11.7 Å². The van der Waals surface area contributed by atoms with E-state index in [0.29, 0.717) is 22.7 Å². The molecule has 0 saturated heterocycles. The molecule has 0 aliphatic heterocycles. The lowest BCUT2D eigenvalue weighted by Gasteiger charge is -2.21. The average Bonchev–Trinajstić information content (AvgIpc) is 3.31. The summed E-state index contributed by atoms with van der Waals surface area (Å²) in [7, 11) is 1.53. The van der Waals surface area contributed by atoms with Crippen LogP contribution in [0.2, 0.25) is 0 Å². The van der Waals surface area contributed by atoms with Crippen molar-refractivity contribution < 1.29 is 19.0 Å². The number of aromatic nitrogens is 5. The van der Waals surface area contributed by atoms with Gasteiger partial charge in [0.25, 0.3) is 5.95 Å². The van der Waals surface area contributed by atoms with Gasteiger partial charge in [0.2, 0.25) is 0 Å². The first-order valence-corrected chi connectivity index (χ1v) is 11.6. The summed E-state index contributed by atoms with van der Waals surface area (Å²) in [6.45, 7) is 5.17. The summed E-state index contributed by atoms with van der Waals surface area (Å²) in [5.74, 6) is 0.533. The van der Waals surface area contributed by atoms with Crippen molar-refractivity contribution in [3.8, 4) is 23.2 Å². The van der Waals surface area contributed by atoms with E-state index in [0.717, 1.165) is 4.68 Å². The molecule has 0 spiro atoms. The van der Waals surface area contributed by atoms with Gasteiger partial charge in [-0.15, -0.1) is 9.78 Å². The lowest BCUT2D eigenvalue weighted by Crippen LogP contribution is -2.18. The molecule has 0 aliphatic carbocycles. The second kappa shape index (κ2) is 11.7. The second-order valence-corrected chi connectivity index (χ2v) is 8.08. The average molecular weight is 531 g/mol. The van der Waals surface area contributed by atoms with Gasteiger partial charge in [0.1, 0.15) is 24.2 Å². The molecule has 0 radical (unpaired) electrons. The minimum absolute atomic E-state index is 0.0939. The molecule has 5 N–H and O–H groups in total. The molecular weight excluding hydrogens is 504 g/mol. The minimum Gasteiger partial charge on any atom is -0.493 e. The molecule has 0 saturated carbocycles. The number of amidine groups is 1. The molecule has 4 rings (SSSR count). The number of anilines is 1. The minimum atomic E-state index is -0.743.